The summed E-state index contributed by atoms with van der Waals surface area (Å²) in [5.41, 5.74) is 0.0686. The van der Waals surface area contributed by atoms with Crippen molar-refractivity contribution >= 4 is 11.8 Å². The Morgan fingerprint density at radius 1 is 1.47 bits per heavy atom. The van der Waals surface area contributed by atoms with E-state index in [1.807, 2.05) is 6.92 Å². The van der Waals surface area contributed by atoms with Crippen LogP contribution in [0.4, 0.5) is 0 Å². The molecule has 0 spiro atoms. The Kier molecular flexibility index (Phi) is 4.54. The fourth-order valence-electron chi connectivity index (χ4n) is 1.71. The summed E-state index contributed by atoms with van der Waals surface area (Å²) in [6, 6.07) is 0.143. The lowest BCUT2D eigenvalue weighted by Gasteiger charge is -2.28. The lowest BCUT2D eigenvalue weighted by atomic mass is 9.88. The summed E-state index contributed by atoms with van der Waals surface area (Å²) in [5.74, 6) is 0.216. The first-order valence-electron chi connectivity index (χ1n) is 6.38. The molecule has 1 unspecified atom stereocenters. The van der Waals surface area contributed by atoms with Crippen molar-refractivity contribution in [3.05, 3.63) is 0 Å². The lowest BCUT2D eigenvalue weighted by molar-refractivity contribution is -0.128. The molecule has 4 nitrogen and oxygen atoms in total. The monoisotopic (exact) mass is 240 g/mol. The van der Waals surface area contributed by atoms with Crippen LogP contribution in [-0.4, -0.2) is 35.8 Å². The van der Waals surface area contributed by atoms with E-state index in [4.69, 9.17) is 0 Å². The molecule has 0 aromatic carbocycles. The number of hydrogen-bond donors (Lipinski definition) is 1. The maximum Gasteiger partial charge on any atom is 0.222 e. The quantitative estimate of drug-likeness (QED) is 0.810. The SMILES string of the molecule is CC(NC(=O)CCN1CCCC1=O)C(C)(C)C. The molecule has 0 saturated carbocycles. The van der Waals surface area contributed by atoms with Crippen molar-refractivity contribution in [2.75, 3.05) is 13.1 Å². The molecule has 17 heavy (non-hydrogen) atoms. The predicted molar refractivity (Wildman–Crippen MR) is 67.5 cm³/mol. The van der Waals surface area contributed by atoms with Crippen LogP contribution in [0.15, 0.2) is 0 Å². The van der Waals surface area contributed by atoms with E-state index < -0.39 is 0 Å². The molecule has 0 aromatic rings. The third-order valence-electron chi connectivity index (χ3n) is 3.46. The molecule has 1 heterocycles. The molecule has 0 bridgehead atoms. The predicted octanol–water partition coefficient (Wildman–Crippen LogP) is 1.55. The van der Waals surface area contributed by atoms with Gasteiger partial charge in [0.2, 0.25) is 11.8 Å². The van der Waals surface area contributed by atoms with E-state index in [1.165, 1.54) is 0 Å². The van der Waals surface area contributed by atoms with Gasteiger partial charge in [-0.25, -0.2) is 0 Å². The summed E-state index contributed by atoms with van der Waals surface area (Å²) in [5, 5.41) is 2.98. The number of hydrogen-bond acceptors (Lipinski definition) is 2. The lowest BCUT2D eigenvalue weighted by Crippen LogP contribution is -2.42. The first-order chi connectivity index (χ1) is 7.80. The summed E-state index contributed by atoms with van der Waals surface area (Å²) >= 11 is 0. The zero-order chi connectivity index (χ0) is 13.1. The van der Waals surface area contributed by atoms with E-state index in [2.05, 4.69) is 26.1 Å². The Morgan fingerprint density at radius 3 is 2.59 bits per heavy atom. The highest BCUT2D eigenvalue weighted by Crippen LogP contribution is 2.18. The molecule has 2 amide bonds. The number of nitrogens with zero attached hydrogens (tertiary/aromatic N) is 1. The topological polar surface area (TPSA) is 49.4 Å². The largest absolute Gasteiger partial charge is 0.353 e. The van der Waals surface area contributed by atoms with E-state index in [0.717, 1.165) is 13.0 Å². The molecule has 1 saturated heterocycles. The Labute approximate surface area is 104 Å². The van der Waals surface area contributed by atoms with E-state index in [-0.39, 0.29) is 23.3 Å². The number of likely N-dealkylation sites (tertiary alicyclic amines) is 1. The number of carbonyl (C=O) groups is 2. The highest BCUT2D eigenvalue weighted by molar-refractivity contribution is 5.80. The Hall–Kier alpha value is -1.06. The van der Waals surface area contributed by atoms with Gasteiger partial charge < -0.3 is 10.2 Å². The van der Waals surface area contributed by atoms with Crippen molar-refractivity contribution in [1.29, 1.82) is 0 Å². The van der Waals surface area contributed by atoms with Gasteiger partial charge in [-0.05, 0) is 18.8 Å². The molecule has 0 radical (unpaired) electrons. The van der Waals surface area contributed by atoms with E-state index in [1.54, 1.807) is 4.90 Å². The van der Waals surface area contributed by atoms with Crippen LogP contribution in [0.2, 0.25) is 0 Å². The number of carbonyl (C=O) groups excluding carboxylic acids is 2. The third-order valence-corrected chi connectivity index (χ3v) is 3.46. The van der Waals surface area contributed by atoms with Gasteiger partial charge in [-0.2, -0.15) is 0 Å². The average molecular weight is 240 g/mol. The Balaban J connectivity index is 2.28. The molecule has 4 heteroatoms. The van der Waals surface area contributed by atoms with Crippen LogP contribution in [-0.2, 0) is 9.59 Å². The summed E-state index contributed by atoms with van der Waals surface area (Å²) in [6.07, 6.45) is 1.98. The highest BCUT2D eigenvalue weighted by atomic mass is 16.2. The number of rotatable bonds is 4. The standard InChI is InChI=1S/C13H24N2O2/c1-10(13(2,3)4)14-11(16)7-9-15-8-5-6-12(15)17/h10H,5-9H2,1-4H3,(H,14,16). The minimum absolute atomic E-state index is 0.0344. The van der Waals surface area contributed by atoms with Gasteiger partial charge in [0.1, 0.15) is 0 Å². The van der Waals surface area contributed by atoms with Crippen molar-refractivity contribution in [3.63, 3.8) is 0 Å². The molecule has 0 aliphatic carbocycles. The Morgan fingerprint density at radius 2 is 2.12 bits per heavy atom. The zero-order valence-corrected chi connectivity index (χ0v) is 11.4. The maximum absolute atomic E-state index is 11.7. The van der Waals surface area contributed by atoms with Crippen LogP contribution in [0.3, 0.4) is 0 Å². The van der Waals surface area contributed by atoms with Gasteiger partial charge in [0, 0.05) is 32.0 Å². The van der Waals surface area contributed by atoms with Crippen molar-refractivity contribution in [2.24, 2.45) is 5.41 Å². The number of amides is 2. The fraction of sp³-hybridized carbons (Fsp3) is 0.846. The third kappa shape index (κ3) is 4.36. The van der Waals surface area contributed by atoms with Crippen LogP contribution in [0.1, 0.15) is 47.0 Å². The zero-order valence-electron chi connectivity index (χ0n) is 11.4. The molecule has 1 atom stereocenters. The first kappa shape index (κ1) is 14.0. The van der Waals surface area contributed by atoms with Gasteiger partial charge in [0.15, 0.2) is 0 Å². The van der Waals surface area contributed by atoms with Gasteiger partial charge in [-0.3, -0.25) is 9.59 Å². The van der Waals surface area contributed by atoms with Crippen molar-refractivity contribution in [2.45, 2.75) is 53.0 Å². The van der Waals surface area contributed by atoms with Crippen LogP contribution >= 0.6 is 0 Å². The van der Waals surface area contributed by atoms with E-state index in [0.29, 0.717) is 19.4 Å². The average Bonchev–Trinajstić information content (AvgIpc) is 2.59. The minimum Gasteiger partial charge on any atom is -0.353 e. The molecule has 1 fully saturated rings. The molecule has 1 aliphatic heterocycles. The van der Waals surface area contributed by atoms with Crippen LogP contribution in [0, 0.1) is 5.41 Å². The molecular formula is C13H24N2O2. The van der Waals surface area contributed by atoms with Gasteiger partial charge in [0.05, 0.1) is 0 Å². The second-order valence-electron chi connectivity index (χ2n) is 5.89. The van der Waals surface area contributed by atoms with Crippen molar-refractivity contribution < 1.29 is 9.59 Å². The number of nitrogens with one attached hydrogen (secondary N) is 1. The van der Waals surface area contributed by atoms with Crippen LogP contribution in [0.5, 0.6) is 0 Å². The van der Waals surface area contributed by atoms with E-state index in [9.17, 15) is 9.59 Å². The second kappa shape index (κ2) is 5.52. The van der Waals surface area contributed by atoms with Gasteiger partial charge in [0.25, 0.3) is 0 Å². The minimum atomic E-state index is 0.0344. The second-order valence-corrected chi connectivity index (χ2v) is 5.89. The smallest absolute Gasteiger partial charge is 0.222 e. The van der Waals surface area contributed by atoms with Crippen LogP contribution < -0.4 is 5.32 Å². The highest BCUT2D eigenvalue weighted by Gasteiger charge is 2.23. The molecule has 1 aliphatic rings. The molecule has 98 valence electrons. The van der Waals surface area contributed by atoms with Gasteiger partial charge in [-0.1, -0.05) is 20.8 Å². The molecule has 1 rings (SSSR count). The Bertz CT molecular complexity index is 294. The van der Waals surface area contributed by atoms with Gasteiger partial charge >= 0.3 is 0 Å². The molecule has 0 aromatic heterocycles. The first-order valence-corrected chi connectivity index (χ1v) is 6.38. The fourth-order valence-corrected chi connectivity index (χ4v) is 1.71. The molecular weight excluding hydrogens is 216 g/mol. The summed E-state index contributed by atoms with van der Waals surface area (Å²) in [6.45, 7) is 9.67. The summed E-state index contributed by atoms with van der Waals surface area (Å²) in [7, 11) is 0. The van der Waals surface area contributed by atoms with Crippen molar-refractivity contribution in [1.82, 2.24) is 10.2 Å². The van der Waals surface area contributed by atoms with E-state index >= 15 is 0 Å². The summed E-state index contributed by atoms with van der Waals surface area (Å²) in [4.78, 5) is 24.9. The maximum atomic E-state index is 11.7. The molecule has 1 N–H and O–H groups in total. The van der Waals surface area contributed by atoms with Crippen LogP contribution in [0.25, 0.3) is 0 Å². The normalized spacial score (nSPS) is 18.4. The van der Waals surface area contributed by atoms with Crippen molar-refractivity contribution in [3.8, 4) is 0 Å². The summed E-state index contributed by atoms with van der Waals surface area (Å²) < 4.78 is 0. The van der Waals surface area contributed by atoms with Gasteiger partial charge in [-0.15, -0.1) is 0 Å².